The molecule has 0 bridgehead atoms. The molecule has 0 spiro atoms. The Morgan fingerprint density at radius 2 is 2.13 bits per heavy atom. The molecule has 116 valence electrons. The number of hydrogen-bond acceptors (Lipinski definition) is 5. The van der Waals surface area contributed by atoms with Crippen LogP contribution in [0.2, 0.25) is 0 Å². The van der Waals surface area contributed by atoms with Gasteiger partial charge in [0.2, 0.25) is 0 Å². The molecule has 0 aliphatic heterocycles. The summed E-state index contributed by atoms with van der Waals surface area (Å²) in [5.41, 5.74) is 1.19. The number of pyridine rings is 1. The SMILES string of the molecule is N#CC(C(=O)Nc1ccccn1)C(=O)c1cc2c(s1)CCCC2. The summed E-state index contributed by atoms with van der Waals surface area (Å²) in [6.07, 6.45) is 5.73. The molecule has 0 saturated carbocycles. The summed E-state index contributed by atoms with van der Waals surface area (Å²) in [7, 11) is 0. The van der Waals surface area contributed by atoms with Gasteiger partial charge in [-0.25, -0.2) is 4.98 Å². The van der Waals surface area contributed by atoms with Crippen molar-refractivity contribution in [2.75, 3.05) is 5.32 Å². The van der Waals surface area contributed by atoms with Crippen molar-refractivity contribution in [2.45, 2.75) is 25.7 Å². The molecule has 6 heteroatoms. The second-order valence-electron chi connectivity index (χ2n) is 5.40. The third-order valence-electron chi connectivity index (χ3n) is 3.81. The smallest absolute Gasteiger partial charge is 0.250 e. The Kier molecular flexibility index (Phi) is 4.49. The van der Waals surface area contributed by atoms with Gasteiger partial charge in [-0.2, -0.15) is 5.26 Å². The minimum absolute atomic E-state index is 0.330. The Bertz CT molecular complexity index is 753. The summed E-state index contributed by atoms with van der Waals surface area (Å²) in [6.45, 7) is 0. The van der Waals surface area contributed by atoms with Gasteiger partial charge >= 0.3 is 0 Å². The number of fused-ring (bicyclic) bond motifs is 1. The summed E-state index contributed by atoms with van der Waals surface area (Å²) in [5.74, 6) is -2.09. The van der Waals surface area contributed by atoms with Gasteiger partial charge in [-0.15, -0.1) is 11.3 Å². The standard InChI is InChI=1S/C17H15N3O2S/c18-10-12(17(22)20-15-7-3-4-8-19-15)16(21)14-9-11-5-1-2-6-13(11)23-14/h3-4,7-9,12H,1-2,5-6H2,(H,19,20,22). The van der Waals surface area contributed by atoms with Crippen LogP contribution in [0.1, 0.15) is 33.0 Å². The van der Waals surface area contributed by atoms with Crippen molar-refractivity contribution in [2.24, 2.45) is 5.92 Å². The molecule has 2 aromatic heterocycles. The lowest BCUT2D eigenvalue weighted by molar-refractivity contribution is -0.117. The number of aryl methyl sites for hydroxylation is 2. The number of thiophene rings is 1. The normalized spacial score (nSPS) is 14.4. The van der Waals surface area contributed by atoms with E-state index >= 15 is 0 Å². The first-order chi connectivity index (χ1) is 11.2. The summed E-state index contributed by atoms with van der Waals surface area (Å²) in [6, 6.07) is 8.72. The minimum atomic E-state index is -1.35. The summed E-state index contributed by atoms with van der Waals surface area (Å²) in [5, 5.41) is 11.8. The van der Waals surface area contributed by atoms with Crippen molar-refractivity contribution in [3.05, 3.63) is 45.8 Å². The van der Waals surface area contributed by atoms with Crippen LogP contribution in [0.25, 0.3) is 0 Å². The molecule has 3 rings (SSSR count). The summed E-state index contributed by atoms with van der Waals surface area (Å²) < 4.78 is 0. The van der Waals surface area contributed by atoms with E-state index in [2.05, 4.69) is 10.3 Å². The number of carbonyl (C=O) groups is 2. The van der Waals surface area contributed by atoms with E-state index in [-0.39, 0.29) is 0 Å². The lowest BCUT2D eigenvalue weighted by Gasteiger charge is -2.08. The van der Waals surface area contributed by atoms with E-state index in [4.69, 9.17) is 0 Å². The maximum absolute atomic E-state index is 12.5. The summed E-state index contributed by atoms with van der Waals surface area (Å²) >= 11 is 1.41. The fourth-order valence-corrected chi connectivity index (χ4v) is 3.85. The molecule has 1 amide bonds. The number of nitrogens with zero attached hydrogens (tertiary/aromatic N) is 2. The molecule has 0 saturated heterocycles. The number of carbonyl (C=O) groups excluding carboxylic acids is 2. The average molecular weight is 325 g/mol. The van der Waals surface area contributed by atoms with Gasteiger partial charge in [-0.1, -0.05) is 6.07 Å². The maximum atomic E-state index is 12.5. The van der Waals surface area contributed by atoms with Crippen LogP contribution in [0.3, 0.4) is 0 Å². The van der Waals surface area contributed by atoms with E-state index in [1.165, 1.54) is 28.0 Å². The second kappa shape index (κ2) is 6.71. The fourth-order valence-electron chi connectivity index (χ4n) is 2.63. The van der Waals surface area contributed by atoms with E-state index < -0.39 is 17.6 Å². The van der Waals surface area contributed by atoms with Crippen LogP contribution >= 0.6 is 11.3 Å². The first-order valence-electron chi connectivity index (χ1n) is 7.46. The molecule has 0 aromatic carbocycles. The predicted octanol–water partition coefficient (Wildman–Crippen LogP) is 2.98. The highest BCUT2D eigenvalue weighted by atomic mass is 32.1. The van der Waals surface area contributed by atoms with Crippen molar-refractivity contribution in [3.8, 4) is 6.07 Å². The van der Waals surface area contributed by atoms with Crippen LogP contribution in [0.4, 0.5) is 5.82 Å². The molecular formula is C17H15N3O2S. The van der Waals surface area contributed by atoms with Crippen LogP contribution in [0.15, 0.2) is 30.5 Å². The highest BCUT2D eigenvalue weighted by Gasteiger charge is 2.30. The molecule has 23 heavy (non-hydrogen) atoms. The molecule has 2 heterocycles. The molecular weight excluding hydrogens is 310 g/mol. The summed E-state index contributed by atoms with van der Waals surface area (Å²) in [4.78, 5) is 30.4. The monoisotopic (exact) mass is 325 g/mol. The van der Waals surface area contributed by atoms with Gasteiger partial charge in [0.1, 0.15) is 5.82 Å². The number of Topliss-reactive ketones (excluding diaryl/α,β-unsaturated/α-hetero) is 1. The number of ketones is 1. The maximum Gasteiger partial charge on any atom is 0.250 e. The van der Waals surface area contributed by atoms with Crippen molar-refractivity contribution < 1.29 is 9.59 Å². The molecule has 1 aliphatic carbocycles. The number of aromatic nitrogens is 1. The Hall–Kier alpha value is -2.52. The van der Waals surface area contributed by atoms with Gasteiger partial charge in [-0.3, -0.25) is 9.59 Å². The lowest BCUT2D eigenvalue weighted by Crippen LogP contribution is -2.28. The van der Waals surface area contributed by atoms with E-state index in [9.17, 15) is 14.9 Å². The van der Waals surface area contributed by atoms with Crippen LogP contribution in [-0.4, -0.2) is 16.7 Å². The highest BCUT2D eigenvalue weighted by molar-refractivity contribution is 7.14. The second-order valence-corrected chi connectivity index (χ2v) is 6.53. The number of nitriles is 1. The zero-order valence-corrected chi connectivity index (χ0v) is 13.2. The first kappa shape index (κ1) is 15.4. The van der Waals surface area contributed by atoms with Crippen molar-refractivity contribution >= 4 is 28.8 Å². The molecule has 1 N–H and O–H groups in total. The molecule has 1 unspecified atom stereocenters. The molecule has 1 aliphatic rings. The van der Waals surface area contributed by atoms with Gasteiger partial charge in [-0.05, 0) is 49.4 Å². The van der Waals surface area contributed by atoms with Gasteiger partial charge < -0.3 is 5.32 Å². The Labute approximate surface area is 138 Å². The van der Waals surface area contributed by atoms with Gasteiger partial charge in [0, 0.05) is 11.1 Å². The van der Waals surface area contributed by atoms with Gasteiger partial charge in [0.25, 0.3) is 5.91 Å². The first-order valence-corrected chi connectivity index (χ1v) is 8.28. The van der Waals surface area contributed by atoms with Crippen LogP contribution in [0.5, 0.6) is 0 Å². The van der Waals surface area contributed by atoms with E-state index in [1.807, 2.05) is 12.1 Å². The number of nitrogens with one attached hydrogen (secondary N) is 1. The zero-order valence-electron chi connectivity index (χ0n) is 12.4. The zero-order chi connectivity index (χ0) is 16.2. The lowest BCUT2D eigenvalue weighted by atomic mass is 9.97. The molecule has 0 fully saturated rings. The van der Waals surface area contributed by atoms with Crippen LogP contribution in [-0.2, 0) is 17.6 Å². The van der Waals surface area contributed by atoms with E-state index in [0.29, 0.717) is 10.7 Å². The van der Waals surface area contributed by atoms with Crippen molar-refractivity contribution in [1.82, 2.24) is 4.98 Å². The molecule has 1 atom stereocenters. The third kappa shape index (κ3) is 3.30. The average Bonchev–Trinajstić information content (AvgIpc) is 3.00. The topological polar surface area (TPSA) is 82.8 Å². The largest absolute Gasteiger partial charge is 0.309 e. The van der Waals surface area contributed by atoms with Crippen molar-refractivity contribution in [3.63, 3.8) is 0 Å². The number of rotatable bonds is 4. The number of amides is 1. The van der Waals surface area contributed by atoms with Crippen LogP contribution in [0, 0.1) is 17.2 Å². The Morgan fingerprint density at radius 3 is 2.83 bits per heavy atom. The van der Waals surface area contributed by atoms with Gasteiger partial charge in [0.05, 0.1) is 10.9 Å². The number of hydrogen-bond donors (Lipinski definition) is 1. The van der Waals surface area contributed by atoms with Crippen molar-refractivity contribution in [1.29, 1.82) is 5.26 Å². The molecule has 2 aromatic rings. The van der Waals surface area contributed by atoms with E-state index in [1.54, 1.807) is 18.2 Å². The molecule has 0 radical (unpaired) electrons. The third-order valence-corrected chi connectivity index (χ3v) is 5.06. The molecule has 5 nitrogen and oxygen atoms in total. The fraction of sp³-hybridized carbons (Fsp3) is 0.294. The highest BCUT2D eigenvalue weighted by Crippen LogP contribution is 2.31. The Morgan fingerprint density at radius 1 is 1.30 bits per heavy atom. The predicted molar refractivity (Wildman–Crippen MR) is 87.3 cm³/mol. The van der Waals surface area contributed by atoms with Gasteiger partial charge in [0.15, 0.2) is 11.7 Å². The Balaban J connectivity index is 1.77. The minimum Gasteiger partial charge on any atom is -0.309 e. The van der Waals surface area contributed by atoms with Crippen LogP contribution < -0.4 is 5.32 Å². The quantitative estimate of drug-likeness (QED) is 0.692. The number of anilines is 1. The van der Waals surface area contributed by atoms with E-state index in [0.717, 1.165) is 25.7 Å².